The molecule has 2 aromatic carbocycles. The van der Waals surface area contributed by atoms with Crippen molar-refractivity contribution in [3.05, 3.63) is 94.7 Å². The van der Waals surface area contributed by atoms with E-state index in [4.69, 9.17) is 0 Å². The summed E-state index contributed by atoms with van der Waals surface area (Å²) < 4.78 is 66.5. The Bertz CT molecular complexity index is 1370. The van der Waals surface area contributed by atoms with E-state index in [2.05, 4.69) is 4.98 Å². The zero-order valence-corrected chi connectivity index (χ0v) is 18.7. The summed E-state index contributed by atoms with van der Waals surface area (Å²) in [7, 11) is -3.81. The van der Waals surface area contributed by atoms with Crippen molar-refractivity contribution in [2.45, 2.75) is 31.2 Å². The molecule has 0 spiro atoms. The predicted octanol–water partition coefficient (Wildman–Crippen LogP) is 6.24. The second-order valence-corrected chi connectivity index (χ2v) is 10.4. The Morgan fingerprint density at radius 2 is 1.66 bits per heavy atom. The monoisotopic (exact) mass is 457 g/mol. The first-order valence-electron chi connectivity index (χ1n) is 10.1. The molecular formula is C25H22F3NO2S. The van der Waals surface area contributed by atoms with Gasteiger partial charge in [-0.25, -0.2) is 8.42 Å². The van der Waals surface area contributed by atoms with Gasteiger partial charge in [-0.1, -0.05) is 54.6 Å². The molecule has 1 heterocycles. The number of fused-ring (bicyclic) bond motifs is 1. The van der Waals surface area contributed by atoms with Crippen molar-refractivity contribution in [2.75, 3.05) is 6.26 Å². The van der Waals surface area contributed by atoms with Crippen molar-refractivity contribution >= 4 is 26.3 Å². The average Bonchev–Trinajstić information content (AvgIpc) is 2.73. The quantitative estimate of drug-likeness (QED) is 0.468. The molecule has 0 N–H and O–H groups in total. The number of allylic oxidation sites excluding steroid dienone is 3. The molecular weight excluding hydrogens is 435 g/mol. The number of rotatable bonds is 3. The number of hydrogen-bond acceptors (Lipinski definition) is 3. The van der Waals surface area contributed by atoms with Crippen LogP contribution in [0.2, 0.25) is 0 Å². The maximum Gasteiger partial charge on any atom is 0.418 e. The third-order valence-corrected chi connectivity index (χ3v) is 8.12. The molecule has 0 bridgehead atoms. The largest absolute Gasteiger partial charge is 0.418 e. The first-order valence-corrected chi connectivity index (χ1v) is 11.9. The summed E-state index contributed by atoms with van der Waals surface area (Å²) >= 11 is 0. The van der Waals surface area contributed by atoms with Crippen LogP contribution in [-0.2, 0) is 20.8 Å². The van der Waals surface area contributed by atoms with Gasteiger partial charge >= 0.3 is 6.18 Å². The number of benzene rings is 2. The summed E-state index contributed by atoms with van der Waals surface area (Å²) in [6, 6.07) is 13.2. The van der Waals surface area contributed by atoms with Gasteiger partial charge in [-0.3, -0.25) is 4.98 Å². The molecule has 3 nitrogen and oxygen atoms in total. The van der Waals surface area contributed by atoms with Crippen LogP contribution in [-0.4, -0.2) is 19.7 Å². The van der Waals surface area contributed by atoms with Crippen LogP contribution in [0.1, 0.15) is 35.6 Å². The maximum absolute atomic E-state index is 13.7. The second-order valence-electron chi connectivity index (χ2n) is 8.20. The van der Waals surface area contributed by atoms with Crippen LogP contribution < -0.4 is 0 Å². The summed E-state index contributed by atoms with van der Waals surface area (Å²) in [6.07, 6.45) is 1.64. The van der Waals surface area contributed by atoms with Crippen LogP contribution in [0, 0.1) is 6.92 Å². The van der Waals surface area contributed by atoms with E-state index in [1.807, 2.05) is 36.4 Å². The topological polar surface area (TPSA) is 47.0 Å². The molecule has 0 aliphatic heterocycles. The van der Waals surface area contributed by atoms with E-state index < -0.39 is 26.3 Å². The van der Waals surface area contributed by atoms with Gasteiger partial charge in [-0.05, 0) is 47.8 Å². The molecule has 0 radical (unpaired) electrons. The fraction of sp³-hybridized carbons (Fsp3) is 0.240. The van der Waals surface area contributed by atoms with E-state index in [9.17, 15) is 21.6 Å². The van der Waals surface area contributed by atoms with Gasteiger partial charge in [0.2, 0.25) is 0 Å². The minimum Gasteiger partial charge on any atom is -0.255 e. The van der Waals surface area contributed by atoms with Gasteiger partial charge in [0.05, 0.1) is 11.1 Å². The van der Waals surface area contributed by atoms with Crippen molar-refractivity contribution in [1.29, 1.82) is 0 Å². The number of halogens is 3. The molecule has 1 aromatic heterocycles. The number of aryl methyl sites for hydroxylation is 1. The lowest BCUT2D eigenvalue weighted by molar-refractivity contribution is -0.136. The number of sulfone groups is 1. The van der Waals surface area contributed by atoms with Crippen molar-refractivity contribution in [1.82, 2.24) is 4.98 Å². The Morgan fingerprint density at radius 1 is 0.969 bits per heavy atom. The fourth-order valence-corrected chi connectivity index (χ4v) is 6.37. The smallest absolute Gasteiger partial charge is 0.255 e. The van der Waals surface area contributed by atoms with Gasteiger partial charge in [-0.2, -0.15) is 13.2 Å². The van der Waals surface area contributed by atoms with Gasteiger partial charge < -0.3 is 0 Å². The molecule has 166 valence electrons. The van der Waals surface area contributed by atoms with Crippen LogP contribution in [0.5, 0.6) is 0 Å². The standard InChI is InChI=1S/C25H22F3NO2S/c1-16-15-29-23-20(10-7-11-21(23)25(26,27)28)22(16)24(32(3,30)31)14-19(13-12-17(24)2)18-8-5-4-6-9-18/h4-13,15H,14H2,1-3H3. The zero-order chi connectivity index (χ0) is 23.3. The van der Waals surface area contributed by atoms with E-state index in [0.717, 1.165) is 23.5 Å². The molecule has 7 heteroatoms. The molecule has 0 saturated carbocycles. The first kappa shape index (κ1) is 22.3. The highest BCUT2D eigenvalue weighted by Crippen LogP contribution is 2.50. The van der Waals surface area contributed by atoms with E-state index in [0.29, 0.717) is 16.7 Å². The van der Waals surface area contributed by atoms with E-state index in [1.165, 1.54) is 18.3 Å². The average molecular weight is 458 g/mol. The second kappa shape index (κ2) is 7.59. The maximum atomic E-state index is 13.7. The number of aromatic nitrogens is 1. The van der Waals surface area contributed by atoms with E-state index >= 15 is 0 Å². The lowest BCUT2D eigenvalue weighted by atomic mass is 9.77. The van der Waals surface area contributed by atoms with E-state index in [1.54, 1.807) is 19.9 Å². The lowest BCUT2D eigenvalue weighted by Crippen LogP contribution is -2.39. The van der Waals surface area contributed by atoms with Crippen LogP contribution in [0.3, 0.4) is 0 Å². The van der Waals surface area contributed by atoms with Crippen molar-refractivity contribution in [3.8, 4) is 0 Å². The van der Waals surface area contributed by atoms with Crippen LogP contribution >= 0.6 is 0 Å². The lowest BCUT2D eigenvalue weighted by Gasteiger charge is -2.38. The van der Waals surface area contributed by atoms with Crippen molar-refractivity contribution in [2.24, 2.45) is 0 Å². The molecule has 32 heavy (non-hydrogen) atoms. The minimum atomic E-state index is -4.61. The summed E-state index contributed by atoms with van der Waals surface area (Å²) in [6.45, 7) is 3.42. The molecule has 1 atom stereocenters. The van der Waals surface area contributed by atoms with Crippen molar-refractivity contribution < 1.29 is 21.6 Å². The number of hydrogen-bond donors (Lipinski definition) is 0. The SMILES string of the molecule is CC1=CC=C(c2ccccc2)CC1(c1c(C)cnc2c(C(F)(F)F)cccc12)S(C)(=O)=O. The van der Waals surface area contributed by atoms with Gasteiger partial charge in [0.25, 0.3) is 0 Å². The predicted molar refractivity (Wildman–Crippen MR) is 121 cm³/mol. The number of para-hydroxylation sites is 1. The number of pyridine rings is 1. The molecule has 0 amide bonds. The minimum absolute atomic E-state index is 0.119. The third-order valence-electron chi connectivity index (χ3n) is 6.18. The van der Waals surface area contributed by atoms with Crippen LogP contribution in [0.25, 0.3) is 16.5 Å². The highest BCUT2D eigenvalue weighted by atomic mass is 32.2. The highest BCUT2D eigenvalue weighted by molar-refractivity contribution is 7.91. The van der Waals surface area contributed by atoms with Gasteiger partial charge in [-0.15, -0.1) is 0 Å². The summed E-state index contributed by atoms with van der Waals surface area (Å²) in [4.78, 5) is 4.07. The summed E-state index contributed by atoms with van der Waals surface area (Å²) in [5.41, 5.74) is 2.00. The molecule has 0 saturated heterocycles. The Labute approximate surface area is 185 Å². The van der Waals surface area contributed by atoms with Crippen LogP contribution in [0.4, 0.5) is 13.2 Å². The molecule has 1 aliphatic carbocycles. The Hall–Kier alpha value is -2.93. The molecule has 0 fully saturated rings. The molecule has 4 rings (SSSR count). The summed E-state index contributed by atoms with van der Waals surface area (Å²) in [5, 5.41) is 0.201. The normalized spacial score (nSPS) is 19.6. The Balaban J connectivity index is 2.08. The molecule has 3 aromatic rings. The highest BCUT2D eigenvalue weighted by Gasteiger charge is 2.48. The summed E-state index contributed by atoms with van der Waals surface area (Å²) in [5.74, 6) is 0. The Kier molecular flexibility index (Phi) is 5.28. The number of alkyl halides is 3. The molecule has 1 unspecified atom stereocenters. The van der Waals surface area contributed by atoms with Crippen LogP contribution in [0.15, 0.2) is 72.5 Å². The fourth-order valence-electron chi connectivity index (χ4n) is 4.66. The van der Waals surface area contributed by atoms with Gasteiger partial charge in [0.15, 0.2) is 9.84 Å². The van der Waals surface area contributed by atoms with Gasteiger partial charge in [0.1, 0.15) is 4.75 Å². The zero-order valence-electron chi connectivity index (χ0n) is 17.9. The van der Waals surface area contributed by atoms with E-state index in [-0.39, 0.29) is 17.3 Å². The molecule has 1 aliphatic rings. The van der Waals surface area contributed by atoms with Gasteiger partial charge in [0, 0.05) is 24.3 Å². The van der Waals surface area contributed by atoms with Crippen molar-refractivity contribution in [3.63, 3.8) is 0 Å². The third kappa shape index (κ3) is 3.45. The Morgan fingerprint density at radius 3 is 2.28 bits per heavy atom. The number of nitrogens with zero attached hydrogens (tertiary/aromatic N) is 1. The first-order chi connectivity index (χ1) is 15.0.